The molecule has 1 heterocycles. The largest absolute Gasteiger partial charge is 0.467 e. The fourth-order valence-corrected chi connectivity index (χ4v) is 2.02. The number of rotatable bonds is 2. The molecule has 0 aromatic carbocycles. The van der Waals surface area contributed by atoms with E-state index < -0.39 is 23.7 Å². The van der Waals surface area contributed by atoms with Crippen LogP contribution < -0.4 is 0 Å². The van der Waals surface area contributed by atoms with Gasteiger partial charge in [0.05, 0.1) is 7.11 Å². The van der Waals surface area contributed by atoms with Gasteiger partial charge in [0.2, 0.25) is 0 Å². The molecule has 8 nitrogen and oxygen atoms in total. The van der Waals surface area contributed by atoms with Gasteiger partial charge in [-0.25, -0.2) is 9.59 Å². The maximum Gasteiger partial charge on any atom is 0.411 e. The second kappa shape index (κ2) is 6.47. The quantitative estimate of drug-likeness (QED) is 0.335. The van der Waals surface area contributed by atoms with E-state index in [-0.39, 0.29) is 12.5 Å². The van der Waals surface area contributed by atoms with Gasteiger partial charge in [0.1, 0.15) is 11.6 Å². The Bertz CT molecular complexity index is 426. The normalized spacial score (nSPS) is 22.7. The monoisotopic (exact) mass is 284 g/mol. The summed E-state index contributed by atoms with van der Waals surface area (Å²) in [5.74, 6) is -0.534. The average Bonchev–Trinajstić information content (AvgIpc) is 2.36. The summed E-state index contributed by atoms with van der Waals surface area (Å²) < 4.78 is 9.98. The predicted molar refractivity (Wildman–Crippen MR) is 70.9 cm³/mol. The Balaban J connectivity index is 2.85. The van der Waals surface area contributed by atoms with E-state index in [2.05, 4.69) is 10.0 Å². The number of esters is 1. The van der Waals surface area contributed by atoms with Crippen LogP contribution in [0.1, 0.15) is 33.6 Å². The lowest BCUT2D eigenvalue weighted by Crippen LogP contribution is -2.52. The third kappa shape index (κ3) is 4.31. The van der Waals surface area contributed by atoms with Gasteiger partial charge in [-0.05, 0) is 39.1 Å². The summed E-state index contributed by atoms with van der Waals surface area (Å²) in [5, 5.41) is 3.61. The highest BCUT2D eigenvalue weighted by molar-refractivity contribution is 5.81. The second-order valence-corrected chi connectivity index (χ2v) is 5.60. The molecular weight excluding hydrogens is 264 g/mol. The van der Waals surface area contributed by atoms with Crippen LogP contribution in [-0.4, -0.2) is 48.3 Å². The third-order valence-electron chi connectivity index (χ3n) is 2.89. The van der Waals surface area contributed by atoms with Crippen LogP contribution in [0.15, 0.2) is 5.11 Å². The summed E-state index contributed by atoms with van der Waals surface area (Å²) in [4.78, 5) is 28.0. The van der Waals surface area contributed by atoms with Crippen LogP contribution in [0.3, 0.4) is 0 Å². The Morgan fingerprint density at radius 1 is 1.40 bits per heavy atom. The van der Waals surface area contributed by atoms with Gasteiger partial charge in [-0.3, -0.25) is 4.90 Å². The van der Waals surface area contributed by atoms with Gasteiger partial charge < -0.3 is 9.47 Å². The molecule has 0 saturated carbocycles. The van der Waals surface area contributed by atoms with Crippen molar-refractivity contribution in [3.8, 4) is 0 Å². The highest BCUT2D eigenvalue weighted by atomic mass is 16.6. The summed E-state index contributed by atoms with van der Waals surface area (Å²) in [6.07, 6.45) is 0.180. The molecule has 1 saturated heterocycles. The maximum atomic E-state index is 12.1. The van der Waals surface area contributed by atoms with Crippen molar-refractivity contribution in [1.29, 1.82) is 0 Å². The van der Waals surface area contributed by atoms with E-state index in [9.17, 15) is 9.59 Å². The van der Waals surface area contributed by atoms with E-state index in [1.807, 2.05) is 0 Å². The van der Waals surface area contributed by atoms with Crippen molar-refractivity contribution in [3.63, 3.8) is 0 Å². The molecule has 0 aromatic rings. The third-order valence-corrected chi connectivity index (χ3v) is 2.89. The molecule has 1 aliphatic rings. The maximum absolute atomic E-state index is 12.1. The minimum Gasteiger partial charge on any atom is -0.467 e. The van der Waals surface area contributed by atoms with Gasteiger partial charge in [0.15, 0.2) is 0 Å². The molecule has 1 amide bonds. The van der Waals surface area contributed by atoms with Crippen molar-refractivity contribution in [2.24, 2.45) is 5.11 Å². The number of carbonyl (C=O) groups excluding carboxylic acids is 2. The van der Waals surface area contributed by atoms with E-state index in [1.165, 1.54) is 12.0 Å². The first-order valence-electron chi connectivity index (χ1n) is 6.40. The van der Waals surface area contributed by atoms with E-state index in [0.29, 0.717) is 13.0 Å². The van der Waals surface area contributed by atoms with Crippen LogP contribution in [0.4, 0.5) is 4.79 Å². The van der Waals surface area contributed by atoms with Crippen LogP contribution in [0.2, 0.25) is 0 Å². The number of ether oxygens (including phenoxy) is 2. The number of piperidine rings is 1. The second-order valence-electron chi connectivity index (χ2n) is 5.60. The molecule has 1 aliphatic heterocycles. The zero-order valence-electron chi connectivity index (χ0n) is 12.2. The summed E-state index contributed by atoms with van der Waals surface area (Å²) in [6.45, 7) is 5.55. The van der Waals surface area contributed by atoms with Gasteiger partial charge in [-0.1, -0.05) is 5.11 Å². The summed E-state index contributed by atoms with van der Waals surface area (Å²) in [5.41, 5.74) is 7.83. The molecule has 0 aromatic heterocycles. The molecule has 20 heavy (non-hydrogen) atoms. The smallest absolute Gasteiger partial charge is 0.411 e. The molecule has 0 N–H and O–H groups in total. The number of carbonyl (C=O) groups is 2. The van der Waals surface area contributed by atoms with Crippen LogP contribution in [0.25, 0.3) is 10.4 Å². The van der Waals surface area contributed by atoms with Gasteiger partial charge in [-0.15, -0.1) is 0 Å². The Hall–Kier alpha value is -1.95. The number of hydrogen-bond donors (Lipinski definition) is 0. The molecule has 0 unspecified atom stereocenters. The Kier molecular flexibility index (Phi) is 5.21. The van der Waals surface area contributed by atoms with E-state index in [1.54, 1.807) is 20.8 Å². The average molecular weight is 284 g/mol. The standard InChI is InChI=1S/C12H20N4O4/c1-12(2,3)20-11(18)16-6-5-8(14-15-13)7-9(16)10(17)19-4/h8-9H,5-7H2,1-4H3/t8-,9-/m1/s1. The van der Waals surface area contributed by atoms with Crippen molar-refractivity contribution in [2.75, 3.05) is 13.7 Å². The van der Waals surface area contributed by atoms with Crippen molar-refractivity contribution in [3.05, 3.63) is 10.4 Å². The molecule has 0 spiro atoms. The molecule has 8 heteroatoms. The van der Waals surface area contributed by atoms with Crippen LogP contribution >= 0.6 is 0 Å². The lowest BCUT2D eigenvalue weighted by Gasteiger charge is -2.37. The summed E-state index contributed by atoms with van der Waals surface area (Å²) in [7, 11) is 1.26. The fourth-order valence-electron chi connectivity index (χ4n) is 2.02. The molecule has 112 valence electrons. The number of methoxy groups -OCH3 is 1. The van der Waals surface area contributed by atoms with Crippen molar-refractivity contribution >= 4 is 12.1 Å². The first kappa shape index (κ1) is 16.1. The Morgan fingerprint density at radius 3 is 2.55 bits per heavy atom. The Morgan fingerprint density at radius 2 is 2.05 bits per heavy atom. The van der Waals surface area contributed by atoms with E-state index >= 15 is 0 Å². The van der Waals surface area contributed by atoms with Gasteiger partial charge in [0, 0.05) is 17.5 Å². The molecule has 1 rings (SSSR count). The van der Waals surface area contributed by atoms with E-state index in [4.69, 9.17) is 15.0 Å². The highest BCUT2D eigenvalue weighted by Crippen LogP contribution is 2.23. The lowest BCUT2D eigenvalue weighted by atomic mass is 9.98. The lowest BCUT2D eigenvalue weighted by molar-refractivity contribution is -0.148. The topological polar surface area (TPSA) is 105 Å². The summed E-state index contributed by atoms with van der Waals surface area (Å²) in [6, 6.07) is -1.10. The summed E-state index contributed by atoms with van der Waals surface area (Å²) >= 11 is 0. The van der Waals surface area contributed by atoms with E-state index in [0.717, 1.165) is 0 Å². The number of hydrogen-bond acceptors (Lipinski definition) is 5. The first-order valence-corrected chi connectivity index (χ1v) is 6.40. The minimum absolute atomic E-state index is 0.246. The van der Waals surface area contributed by atoms with Gasteiger partial charge in [0.25, 0.3) is 0 Å². The molecule has 1 fully saturated rings. The number of amides is 1. The molecular formula is C12H20N4O4. The number of nitrogens with zero attached hydrogens (tertiary/aromatic N) is 4. The molecule has 0 bridgehead atoms. The molecule has 0 radical (unpaired) electrons. The number of likely N-dealkylation sites (tertiary alicyclic amines) is 1. The zero-order chi connectivity index (χ0) is 15.3. The molecule has 2 atom stereocenters. The fraction of sp³-hybridized carbons (Fsp3) is 0.833. The highest BCUT2D eigenvalue weighted by Gasteiger charge is 2.38. The van der Waals surface area contributed by atoms with Crippen molar-refractivity contribution < 1.29 is 19.1 Å². The SMILES string of the molecule is COC(=O)[C@H]1C[C@H](N=[N+]=[N-])CCN1C(=O)OC(C)(C)C. The minimum atomic E-state index is -0.779. The van der Waals surface area contributed by atoms with Crippen molar-refractivity contribution in [1.82, 2.24) is 4.90 Å². The molecule has 0 aliphatic carbocycles. The predicted octanol–water partition coefficient (Wildman–Crippen LogP) is 2.24. The van der Waals surface area contributed by atoms with Crippen LogP contribution in [-0.2, 0) is 14.3 Å². The number of azide groups is 1. The van der Waals surface area contributed by atoms with Crippen LogP contribution in [0, 0.1) is 0 Å². The van der Waals surface area contributed by atoms with Gasteiger partial charge in [-0.2, -0.15) is 0 Å². The first-order chi connectivity index (χ1) is 9.28. The van der Waals surface area contributed by atoms with Gasteiger partial charge >= 0.3 is 12.1 Å². The zero-order valence-corrected chi connectivity index (χ0v) is 12.2. The Labute approximate surface area is 117 Å². The van der Waals surface area contributed by atoms with Crippen molar-refractivity contribution in [2.45, 2.75) is 51.3 Å². The van der Waals surface area contributed by atoms with Crippen LogP contribution in [0.5, 0.6) is 0 Å².